The van der Waals surface area contributed by atoms with Crippen LogP contribution < -0.4 is 20.4 Å². The third-order valence-electron chi connectivity index (χ3n) is 10.3. The Balaban J connectivity index is 0.983. The normalized spacial score (nSPS) is 15.8. The van der Waals surface area contributed by atoms with Crippen LogP contribution >= 0.6 is 22.9 Å². The summed E-state index contributed by atoms with van der Waals surface area (Å²) in [6.07, 6.45) is 4.26. The highest BCUT2D eigenvalue weighted by Gasteiger charge is 2.45. The van der Waals surface area contributed by atoms with Crippen molar-refractivity contribution in [1.82, 2.24) is 4.98 Å². The Kier molecular flexibility index (Phi) is 9.93. The maximum atomic E-state index is 14.4. The first-order valence-corrected chi connectivity index (χ1v) is 18.9. The van der Waals surface area contributed by atoms with Crippen LogP contribution in [0.1, 0.15) is 54.4 Å². The molecule has 3 aliphatic heterocycles. The van der Waals surface area contributed by atoms with Crippen molar-refractivity contribution in [3.8, 4) is 10.4 Å². The Labute approximate surface area is 320 Å². The van der Waals surface area contributed by atoms with Crippen molar-refractivity contribution in [2.45, 2.75) is 25.9 Å². The van der Waals surface area contributed by atoms with Crippen LogP contribution in [0.5, 0.6) is 0 Å². The molecule has 2 N–H and O–H groups in total. The van der Waals surface area contributed by atoms with Gasteiger partial charge in [-0.05, 0) is 85.0 Å². The quantitative estimate of drug-likeness (QED) is 0.164. The van der Waals surface area contributed by atoms with Crippen LogP contribution in [0.2, 0.25) is 5.02 Å². The summed E-state index contributed by atoms with van der Waals surface area (Å²) in [6.45, 7) is 3.89. The first-order chi connectivity index (χ1) is 26.2. The van der Waals surface area contributed by atoms with Crippen molar-refractivity contribution < 1.29 is 28.2 Å². The van der Waals surface area contributed by atoms with Crippen LogP contribution in [0.25, 0.3) is 10.4 Å². The van der Waals surface area contributed by atoms with Gasteiger partial charge in [0.15, 0.2) is 0 Å². The molecule has 2 aromatic heterocycles. The lowest BCUT2D eigenvalue weighted by atomic mass is 9.73. The number of pyridine rings is 1. The van der Waals surface area contributed by atoms with Crippen molar-refractivity contribution in [3.63, 3.8) is 0 Å². The minimum absolute atomic E-state index is 0.0659. The van der Waals surface area contributed by atoms with Gasteiger partial charge in [-0.15, -0.1) is 11.3 Å². The minimum atomic E-state index is -0.617. The van der Waals surface area contributed by atoms with Gasteiger partial charge in [0.25, 0.3) is 17.7 Å². The lowest BCUT2D eigenvalue weighted by Gasteiger charge is -2.53. The van der Waals surface area contributed by atoms with Crippen molar-refractivity contribution in [3.05, 3.63) is 123 Å². The van der Waals surface area contributed by atoms with E-state index in [1.807, 2.05) is 30.3 Å². The molecule has 0 aliphatic carbocycles. The van der Waals surface area contributed by atoms with Gasteiger partial charge in [0.05, 0.1) is 33.4 Å². The third kappa shape index (κ3) is 6.98. The molecule has 3 aromatic carbocycles. The van der Waals surface area contributed by atoms with E-state index in [-0.39, 0.29) is 27.9 Å². The number of ether oxygens (including phenoxy) is 2. The largest absolute Gasteiger partial charge is 0.381 e. The predicted molar refractivity (Wildman–Crippen MR) is 209 cm³/mol. The zero-order chi connectivity index (χ0) is 37.4. The summed E-state index contributed by atoms with van der Waals surface area (Å²) in [4.78, 5) is 50.9. The highest BCUT2D eigenvalue weighted by molar-refractivity contribution is 7.17. The highest BCUT2D eigenvalue weighted by atomic mass is 35.5. The highest BCUT2D eigenvalue weighted by Crippen LogP contribution is 2.44. The number of methoxy groups -OCH3 is 1. The number of hydrogen-bond acceptors (Lipinski definition) is 8. The van der Waals surface area contributed by atoms with Gasteiger partial charge in [0.2, 0.25) is 0 Å². The van der Waals surface area contributed by atoms with E-state index in [1.54, 1.807) is 48.5 Å². The molecule has 0 saturated carbocycles. The lowest BCUT2D eigenvalue weighted by Crippen LogP contribution is -2.59. The van der Waals surface area contributed by atoms with Crippen LogP contribution in [0.3, 0.4) is 0 Å². The van der Waals surface area contributed by atoms with Gasteiger partial charge < -0.3 is 29.9 Å². The van der Waals surface area contributed by atoms with E-state index in [4.69, 9.17) is 21.1 Å². The molecule has 13 heteroatoms. The second-order valence-electron chi connectivity index (χ2n) is 13.9. The second kappa shape index (κ2) is 14.9. The monoisotopic (exact) mass is 765 g/mol. The average molecular weight is 766 g/mol. The van der Waals surface area contributed by atoms with E-state index in [1.165, 1.54) is 29.5 Å². The SMILES string of the molecule is COCc1cnc(N2CC3(CCOCC3)C2)c(C(=O)Nc2ccc(C(=O)N3CCc4cc(C(=O)Nc5c(F)cccc5Cl)sc4-c4ccccc43)cc2)c1. The molecule has 0 radical (unpaired) electrons. The summed E-state index contributed by atoms with van der Waals surface area (Å²) in [5, 5.41) is 5.73. The Hall–Kier alpha value is -5.14. The number of nitrogens with one attached hydrogen (secondary N) is 2. The molecular formula is C41H37ClFN5O5S. The fraction of sp³-hybridized carbons (Fsp3) is 0.268. The van der Waals surface area contributed by atoms with Gasteiger partial charge in [-0.2, -0.15) is 0 Å². The summed E-state index contributed by atoms with van der Waals surface area (Å²) < 4.78 is 25.3. The smallest absolute Gasteiger partial charge is 0.265 e. The van der Waals surface area contributed by atoms with E-state index in [2.05, 4.69) is 20.5 Å². The van der Waals surface area contributed by atoms with Crippen molar-refractivity contribution in [2.75, 3.05) is 60.4 Å². The number of para-hydroxylation sites is 2. The summed E-state index contributed by atoms with van der Waals surface area (Å²) in [5.74, 6) is -0.918. The summed E-state index contributed by atoms with van der Waals surface area (Å²) in [7, 11) is 1.61. The number of benzene rings is 3. The van der Waals surface area contributed by atoms with Gasteiger partial charge in [-0.1, -0.05) is 35.9 Å². The van der Waals surface area contributed by atoms with Crippen molar-refractivity contribution in [2.24, 2.45) is 5.41 Å². The summed E-state index contributed by atoms with van der Waals surface area (Å²) >= 11 is 7.43. The molecule has 0 unspecified atom stereocenters. The fourth-order valence-corrected chi connectivity index (χ4v) is 8.81. The van der Waals surface area contributed by atoms with Crippen LogP contribution in [0.4, 0.5) is 27.3 Å². The molecule has 3 amide bonds. The predicted octanol–water partition coefficient (Wildman–Crippen LogP) is 8.07. The van der Waals surface area contributed by atoms with E-state index in [0.29, 0.717) is 52.8 Å². The van der Waals surface area contributed by atoms with E-state index < -0.39 is 11.7 Å². The molecular weight excluding hydrogens is 729 g/mol. The number of nitrogens with zero attached hydrogens (tertiary/aromatic N) is 3. The van der Waals surface area contributed by atoms with Crippen LogP contribution in [-0.4, -0.2) is 62.7 Å². The number of rotatable bonds is 8. The third-order valence-corrected chi connectivity index (χ3v) is 11.8. The number of anilines is 4. The number of halogens is 2. The Bertz CT molecular complexity index is 2230. The number of hydrogen-bond donors (Lipinski definition) is 2. The molecule has 2 saturated heterocycles. The number of aromatic nitrogens is 1. The van der Waals surface area contributed by atoms with Gasteiger partial charge >= 0.3 is 0 Å². The van der Waals surface area contributed by atoms with Crippen LogP contribution in [-0.2, 0) is 22.5 Å². The molecule has 54 heavy (non-hydrogen) atoms. The molecule has 3 aliphatic rings. The van der Waals surface area contributed by atoms with Crippen molar-refractivity contribution >= 4 is 63.5 Å². The number of carbonyl (C=O) groups is 3. The van der Waals surface area contributed by atoms with Crippen molar-refractivity contribution in [1.29, 1.82) is 0 Å². The molecule has 1 spiro atoms. The van der Waals surface area contributed by atoms with Gasteiger partial charge in [0.1, 0.15) is 11.6 Å². The minimum Gasteiger partial charge on any atom is -0.381 e. The topological polar surface area (TPSA) is 113 Å². The molecule has 276 valence electrons. The maximum Gasteiger partial charge on any atom is 0.265 e. The Morgan fingerprint density at radius 2 is 1.76 bits per heavy atom. The molecule has 2 fully saturated rings. The summed E-state index contributed by atoms with van der Waals surface area (Å²) in [6, 6.07) is 22.3. The molecule has 0 atom stereocenters. The lowest BCUT2D eigenvalue weighted by molar-refractivity contribution is -0.000515. The maximum absolute atomic E-state index is 14.4. The van der Waals surface area contributed by atoms with Gasteiger partial charge in [0, 0.05) is 73.3 Å². The number of carbonyl (C=O) groups excluding carboxylic acids is 3. The first-order valence-electron chi connectivity index (χ1n) is 17.7. The number of fused-ring (bicyclic) bond motifs is 3. The second-order valence-corrected chi connectivity index (χ2v) is 15.3. The Morgan fingerprint density at radius 1 is 0.981 bits per heavy atom. The van der Waals surface area contributed by atoms with E-state index in [9.17, 15) is 18.8 Å². The average Bonchev–Trinajstić information content (AvgIpc) is 3.54. The standard InChI is InChI=1S/C41H37ClFN5O5S/c1-52-22-25-19-30(37(44-21-25)47-23-41(24-47)14-17-53-18-15-41)38(49)45-28-11-9-26(10-12-28)40(51)48-16-13-27-20-34(54-36(27)29-5-2-3-8-33(29)48)39(50)46-35-31(42)6-4-7-32(35)43/h2-12,19-21H,13-18,22-24H2,1H3,(H,45,49)(H,46,50). The number of thiophene rings is 1. The Morgan fingerprint density at radius 3 is 2.52 bits per heavy atom. The molecule has 10 nitrogen and oxygen atoms in total. The molecule has 5 aromatic rings. The first kappa shape index (κ1) is 35.9. The number of amides is 3. The van der Waals surface area contributed by atoms with E-state index >= 15 is 0 Å². The fourth-order valence-electron chi connectivity index (χ4n) is 7.46. The molecule has 5 heterocycles. The van der Waals surface area contributed by atoms with Crippen LogP contribution in [0, 0.1) is 11.2 Å². The molecule has 0 bridgehead atoms. The molecule has 8 rings (SSSR count). The zero-order valence-electron chi connectivity index (χ0n) is 29.5. The zero-order valence-corrected chi connectivity index (χ0v) is 31.1. The van der Waals surface area contributed by atoms with Crippen LogP contribution in [0.15, 0.2) is 85.1 Å². The van der Waals surface area contributed by atoms with E-state index in [0.717, 1.165) is 60.7 Å². The van der Waals surface area contributed by atoms with Gasteiger partial charge in [-0.3, -0.25) is 14.4 Å². The van der Waals surface area contributed by atoms with Gasteiger partial charge in [-0.25, -0.2) is 9.37 Å². The summed E-state index contributed by atoms with van der Waals surface area (Å²) in [5.41, 5.74) is 4.87.